The van der Waals surface area contributed by atoms with Crippen LogP contribution in [0.4, 0.5) is 0 Å². The van der Waals surface area contributed by atoms with Gasteiger partial charge in [0, 0.05) is 6.42 Å². The smallest absolute Gasteiger partial charge is 0.306 e. The maximum atomic E-state index is 12.6. The summed E-state index contributed by atoms with van der Waals surface area (Å²) in [5.74, 6) is -0.610. The topological polar surface area (TPSA) is 80.3 Å². The van der Waals surface area contributed by atoms with Gasteiger partial charge in [0.05, 0.1) is 32.3 Å². The molecule has 5 atom stereocenters. The van der Waals surface area contributed by atoms with Crippen LogP contribution < -0.4 is 0 Å². The Balaban J connectivity index is 1.83. The summed E-state index contributed by atoms with van der Waals surface area (Å²) in [6.07, 6.45) is -1.70. The fraction of sp³-hybridized carbons (Fsp3) is 0.429. The first kappa shape index (κ1) is 26.8. The summed E-state index contributed by atoms with van der Waals surface area (Å²) < 4.78 is 30.3. The van der Waals surface area contributed by atoms with Gasteiger partial charge in [-0.25, -0.2) is 0 Å². The fourth-order valence-electron chi connectivity index (χ4n) is 3.84. The number of ether oxygens (including phenoxy) is 5. The first-order chi connectivity index (χ1) is 17.0. The predicted molar refractivity (Wildman–Crippen MR) is 130 cm³/mol. The summed E-state index contributed by atoms with van der Waals surface area (Å²) in [5, 5.41) is 0. The molecule has 0 aromatic heterocycles. The molecule has 2 aromatic rings. The van der Waals surface area contributed by atoms with Crippen molar-refractivity contribution in [1.82, 2.24) is 0 Å². The van der Waals surface area contributed by atoms with Crippen LogP contribution in [0.15, 0.2) is 73.3 Å². The molecular formula is C28H34O7. The van der Waals surface area contributed by atoms with E-state index in [4.69, 9.17) is 23.7 Å². The predicted octanol–water partition coefficient (Wildman–Crippen LogP) is 4.39. The summed E-state index contributed by atoms with van der Waals surface area (Å²) in [6, 6.07) is 19.5. The van der Waals surface area contributed by atoms with E-state index in [2.05, 4.69) is 6.58 Å². The molecule has 35 heavy (non-hydrogen) atoms. The molecule has 0 bridgehead atoms. The van der Waals surface area contributed by atoms with Gasteiger partial charge in [-0.2, -0.15) is 0 Å². The van der Waals surface area contributed by atoms with Crippen molar-refractivity contribution >= 4 is 11.8 Å². The number of ketones is 1. The summed E-state index contributed by atoms with van der Waals surface area (Å²) >= 11 is 0. The van der Waals surface area contributed by atoms with E-state index in [0.717, 1.165) is 11.1 Å². The van der Waals surface area contributed by atoms with E-state index in [1.165, 1.54) is 6.92 Å². The number of esters is 1. The van der Waals surface area contributed by atoms with E-state index in [0.29, 0.717) is 13.2 Å². The van der Waals surface area contributed by atoms with Gasteiger partial charge in [-0.05, 0) is 25.0 Å². The van der Waals surface area contributed by atoms with Gasteiger partial charge >= 0.3 is 5.97 Å². The maximum Gasteiger partial charge on any atom is 0.306 e. The Kier molecular flexibility index (Phi) is 10.6. The molecule has 1 saturated heterocycles. The number of hydrogen-bond acceptors (Lipinski definition) is 7. The summed E-state index contributed by atoms with van der Waals surface area (Å²) in [6.45, 7) is 7.85. The second-order valence-corrected chi connectivity index (χ2v) is 8.51. The van der Waals surface area contributed by atoms with Crippen molar-refractivity contribution < 1.29 is 33.3 Å². The molecule has 1 heterocycles. The molecule has 3 rings (SSSR count). The first-order valence-corrected chi connectivity index (χ1v) is 11.9. The molecule has 1 aliphatic rings. The number of carbonyl (C=O) groups is 2. The second-order valence-electron chi connectivity index (χ2n) is 8.51. The van der Waals surface area contributed by atoms with Crippen LogP contribution in [0.25, 0.3) is 0 Å². The first-order valence-electron chi connectivity index (χ1n) is 11.9. The lowest BCUT2D eigenvalue weighted by atomic mass is 9.98. The summed E-state index contributed by atoms with van der Waals surface area (Å²) in [4.78, 5) is 24.0. The lowest BCUT2D eigenvalue weighted by Crippen LogP contribution is -2.60. The van der Waals surface area contributed by atoms with E-state index in [1.54, 1.807) is 6.08 Å². The zero-order chi connectivity index (χ0) is 25.0. The number of Topliss-reactive ketones (excluding diaryl/α,β-unsaturated/α-hetero) is 1. The Hall–Kier alpha value is -2.84. The zero-order valence-electron chi connectivity index (χ0n) is 20.3. The lowest BCUT2D eigenvalue weighted by molar-refractivity contribution is -0.310. The van der Waals surface area contributed by atoms with Gasteiger partial charge in [0.1, 0.15) is 18.0 Å². The van der Waals surface area contributed by atoms with Crippen LogP contribution in [0.1, 0.15) is 37.8 Å². The molecule has 0 aliphatic carbocycles. The quantitative estimate of drug-likeness (QED) is 0.309. The highest BCUT2D eigenvalue weighted by Crippen LogP contribution is 2.30. The van der Waals surface area contributed by atoms with Crippen LogP contribution in [-0.4, -0.2) is 49.1 Å². The monoisotopic (exact) mass is 482 g/mol. The SMILES string of the molecule is C=CCO[C@@H]1O[C@@H](C)[C@H](OCc2ccccc2)[C@@H](OCc2ccccc2)[C@H]1OC(=O)CCC(C)=O. The van der Waals surface area contributed by atoms with Crippen LogP contribution >= 0.6 is 0 Å². The van der Waals surface area contributed by atoms with Crippen LogP contribution in [-0.2, 0) is 46.5 Å². The normalized spacial score (nSPS) is 24.0. The number of benzene rings is 2. The number of rotatable bonds is 13. The van der Waals surface area contributed by atoms with Crippen molar-refractivity contribution in [3.63, 3.8) is 0 Å². The third kappa shape index (κ3) is 8.40. The Morgan fingerprint density at radius 3 is 1.97 bits per heavy atom. The van der Waals surface area contributed by atoms with Crippen LogP contribution in [0.5, 0.6) is 0 Å². The van der Waals surface area contributed by atoms with Gasteiger partial charge in [0.15, 0.2) is 12.4 Å². The van der Waals surface area contributed by atoms with Crippen molar-refractivity contribution in [2.24, 2.45) is 0 Å². The van der Waals surface area contributed by atoms with Crippen molar-refractivity contribution in [3.05, 3.63) is 84.4 Å². The highest BCUT2D eigenvalue weighted by atomic mass is 16.7. The minimum absolute atomic E-state index is 0.0312. The minimum Gasteiger partial charge on any atom is -0.454 e. The Labute approximate surface area is 207 Å². The molecule has 188 valence electrons. The van der Waals surface area contributed by atoms with Crippen molar-refractivity contribution in [2.75, 3.05) is 6.61 Å². The molecule has 0 unspecified atom stereocenters. The van der Waals surface area contributed by atoms with E-state index in [1.807, 2.05) is 67.6 Å². The second kappa shape index (κ2) is 13.9. The fourth-order valence-corrected chi connectivity index (χ4v) is 3.84. The molecule has 0 radical (unpaired) electrons. The Morgan fingerprint density at radius 1 is 0.857 bits per heavy atom. The lowest BCUT2D eigenvalue weighted by Gasteiger charge is -2.44. The molecule has 0 saturated carbocycles. The molecule has 1 fully saturated rings. The average molecular weight is 483 g/mol. The largest absolute Gasteiger partial charge is 0.454 e. The number of carbonyl (C=O) groups excluding carboxylic acids is 2. The highest BCUT2D eigenvalue weighted by Gasteiger charge is 2.48. The van der Waals surface area contributed by atoms with Gasteiger partial charge in [0.25, 0.3) is 0 Å². The van der Waals surface area contributed by atoms with Gasteiger partial charge < -0.3 is 28.5 Å². The van der Waals surface area contributed by atoms with Crippen molar-refractivity contribution in [3.8, 4) is 0 Å². The average Bonchev–Trinajstić information content (AvgIpc) is 2.87. The van der Waals surface area contributed by atoms with Gasteiger partial charge in [-0.3, -0.25) is 4.79 Å². The summed E-state index contributed by atoms with van der Waals surface area (Å²) in [7, 11) is 0. The third-order valence-corrected chi connectivity index (χ3v) is 5.62. The van der Waals surface area contributed by atoms with Crippen molar-refractivity contribution in [2.45, 2.75) is 70.6 Å². The van der Waals surface area contributed by atoms with Crippen LogP contribution in [0.2, 0.25) is 0 Å². The Bertz CT molecular complexity index is 931. The highest BCUT2D eigenvalue weighted by molar-refractivity contribution is 5.81. The van der Waals surface area contributed by atoms with E-state index in [-0.39, 0.29) is 25.2 Å². The molecule has 0 amide bonds. The minimum atomic E-state index is -0.893. The molecule has 7 nitrogen and oxygen atoms in total. The van der Waals surface area contributed by atoms with Crippen LogP contribution in [0.3, 0.4) is 0 Å². The molecule has 2 aromatic carbocycles. The molecular weight excluding hydrogens is 448 g/mol. The zero-order valence-corrected chi connectivity index (χ0v) is 20.3. The van der Waals surface area contributed by atoms with Crippen molar-refractivity contribution in [1.29, 1.82) is 0 Å². The van der Waals surface area contributed by atoms with Gasteiger partial charge in [0.2, 0.25) is 0 Å². The van der Waals surface area contributed by atoms with E-state index >= 15 is 0 Å². The van der Waals surface area contributed by atoms with E-state index < -0.39 is 36.7 Å². The standard InChI is InChI=1S/C28H34O7/c1-4-17-31-28-27(35-24(30)16-15-20(2)29)26(33-19-23-13-9-6-10-14-23)25(21(3)34-28)32-18-22-11-7-5-8-12-22/h4-14,21,25-28H,1,15-19H2,2-3H3/t21-,25-,26+,27+,28+/m0/s1. The van der Waals surface area contributed by atoms with Gasteiger partial charge in [-0.1, -0.05) is 66.7 Å². The maximum absolute atomic E-state index is 12.6. The Morgan fingerprint density at radius 2 is 1.43 bits per heavy atom. The van der Waals surface area contributed by atoms with Crippen LogP contribution in [0, 0.1) is 0 Å². The third-order valence-electron chi connectivity index (χ3n) is 5.62. The number of hydrogen-bond donors (Lipinski definition) is 0. The molecule has 0 spiro atoms. The van der Waals surface area contributed by atoms with Gasteiger partial charge in [-0.15, -0.1) is 6.58 Å². The summed E-state index contributed by atoms with van der Waals surface area (Å²) in [5.41, 5.74) is 1.97. The molecule has 1 aliphatic heterocycles. The molecule has 0 N–H and O–H groups in total. The molecule has 7 heteroatoms. The van der Waals surface area contributed by atoms with E-state index in [9.17, 15) is 9.59 Å².